The van der Waals surface area contributed by atoms with Gasteiger partial charge in [-0.15, -0.1) is 0 Å². The van der Waals surface area contributed by atoms with Gasteiger partial charge in [0.15, 0.2) is 0 Å². The van der Waals surface area contributed by atoms with Gasteiger partial charge < -0.3 is 15.0 Å². The molecule has 0 aromatic heterocycles. The molecule has 0 bridgehead atoms. The fourth-order valence-electron chi connectivity index (χ4n) is 3.83. The molecule has 0 aliphatic heterocycles. The fourth-order valence-corrected chi connectivity index (χ4v) is 5.88. The van der Waals surface area contributed by atoms with E-state index in [-0.39, 0.29) is 33.8 Å². The third-order valence-electron chi connectivity index (χ3n) is 5.78. The van der Waals surface area contributed by atoms with Crippen molar-refractivity contribution in [2.75, 3.05) is 24.5 Å². The van der Waals surface area contributed by atoms with Crippen molar-refractivity contribution in [2.45, 2.75) is 31.3 Å². The molecule has 0 aliphatic carbocycles. The van der Waals surface area contributed by atoms with Gasteiger partial charge in [0.25, 0.3) is 10.0 Å². The average molecular weight is 623 g/mol. The predicted octanol–water partition coefficient (Wildman–Crippen LogP) is 4.86. The maximum Gasteiger partial charge on any atom is 0.264 e. The first-order valence-corrected chi connectivity index (χ1v) is 14.4. The Morgan fingerprint density at radius 1 is 1.05 bits per heavy atom. The Morgan fingerprint density at radius 3 is 2.39 bits per heavy atom. The van der Waals surface area contributed by atoms with E-state index in [1.54, 1.807) is 38.1 Å². The predicted molar refractivity (Wildman–Crippen MR) is 152 cm³/mol. The van der Waals surface area contributed by atoms with E-state index in [0.717, 1.165) is 14.3 Å². The molecule has 38 heavy (non-hydrogen) atoms. The number of anilines is 1. The van der Waals surface area contributed by atoms with Crippen LogP contribution in [0.15, 0.2) is 82.2 Å². The van der Waals surface area contributed by atoms with E-state index in [1.165, 1.54) is 36.3 Å². The molecule has 0 saturated carbocycles. The Hall–Kier alpha value is -3.08. The lowest BCUT2D eigenvalue weighted by atomic mass is 10.1. The summed E-state index contributed by atoms with van der Waals surface area (Å²) in [5.41, 5.74) is 0.868. The van der Waals surface area contributed by atoms with Crippen molar-refractivity contribution in [3.8, 4) is 5.75 Å². The van der Waals surface area contributed by atoms with Crippen molar-refractivity contribution in [1.82, 2.24) is 10.2 Å². The minimum Gasteiger partial charge on any atom is -0.495 e. The number of methoxy groups -OCH3 is 1. The van der Waals surface area contributed by atoms with Crippen LogP contribution in [0.25, 0.3) is 0 Å². The lowest BCUT2D eigenvalue weighted by Crippen LogP contribution is -2.51. The number of rotatable bonds is 11. The second kappa shape index (κ2) is 13.1. The summed E-state index contributed by atoms with van der Waals surface area (Å²) in [7, 11) is -2.83. The molecular formula is C27H29BrClN3O5S. The van der Waals surface area contributed by atoms with Crippen molar-refractivity contribution in [3.05, 3.63) is 87.9 Å². The van der Waals surface area contributed by atoms with E-state index in [2.05, 4.69) is 21.2 Å². The normalized spacial score (nSPS) is 11.9. The minimum atomic E-state index is -4.23. The van der Waals surface area contributed by atoms with Crippen molar-refractivity contribution >= 4 is 55.1 Å². The molecule has 1 unspecified atom stereocenters. The quantitative estimate of drug-likeness (QED) is 0.330. The standard InChI is InChI=1S/C27H29BrClN3O5S/c1-4-30-27(34)19(2)31(17-20-9-8-10-21(28)15-20)26(33)18-32(24-16-22(29)13-14-25(24)37-3)38(35,36)23-11-6-5-7-12-23/h5-16,19H,4,17-18H2,1-3H3,(H,30,34). The molecule has 2 amide bonds. The lowest BCUT2D eigenvalue weighted by Gasteiger charge is -2.32. The summed E-state index contributed by atoms with van der Waals surface area (Å²) < 4.78 is 34.9. The Labute approximate surface area is 236 Å². The van der Waals surface area contributed by atoms with Crippen molar-refractivity contribution in [3.63, 3.8) is 0 Å². The highest BCUT2D eigenvalue weighted by Crippen LogP contribution is 2.35. The molecule has 202 valence electrons. The first-order chi connectivity index (χ1) is 18.1. The second-order valence-electron chi connectivity index (χ2n) is 8.36. The van der Waals surface area contributed by atoms with Crippen LogP contribution in [0.5, 0.6) is 5.75 Å². The van der Waals surface area contributed by atoms with Crippen molar-refractivity contribution in [2.24, 2.45) is 0 Å². The maximum atomic E-state index is 13.9. The van der Waals surface area contributed by atoms with Crippen LogP contribution in [0.1, 0.15) is 19.4 Å². The van der Waals surface area contributed by atoms with Gasteiger partial charge in [0.2, 0.25) is 11.8 Å². The molecule has 8 nitrogen and oxygen atoms in total. The summed E-state index contributed by atoms with van der Waals surface area (Å²) in [6.45, 7) is 3.27. The number of sulfonamides is 1. The number of hydrogen-bond donors (Lipinski definition) is 1. The number of likely N-dealkylation sites (N-methyl/N-ethyl adjacent to an activating group) is 1. The topological polar surface area (TPSA) is 96.0 Å². The van der Waals surface area contributed by atoms with Crippen LogP contribution in [0.2, 0.25) is 5.02 Å². The maximum absolute atomic E-state index is 13.9. The van der Waals surface area contributed by atoms with Gasteiger partial charge in [-0.2, -0.15) is 0 Å². The third-order valence-corrected chi connectivity index (χ3v) is 8.28. The van der Waals surface area contributed by atoms with Crippen LogP contribution in [0, 0.1) is 0 Å². The zero-order chi connectivity index (χ0) is 27.9. The Morgan fingerprint density at radius 2 is 1.76 bits per heavy atom. The molecule has 0 aliphatic rings. The molecule has 11 heteroatoms. The van der Waals surface area contributed by atoms with Crippen LogP contribution in [0.4, 0.5) is 5.69 Å². The van der Waals surface area contributed by atoms with E-state index in [1.807, 2.05) is 24.3 Å². The molecule has 3 aromatic rings. The summed E-state index contributed by atoms with van der Waals surface area (Å²) in [5.74, 6) is -0.712. The van der Waals surface area contributed by atoms with Gasteiger partial charge in [-0.3, -0.25) is 13.9 Å². The monoisotopic (exact) mass is 621 g/mol. The molecule has 0 saturated heterocycles. The summed E-state index contributed by atoms with van der Waals surface area (Å²) in [6, 6.07) is 18.8. The molecule has 1 N–H and O–H groups in total. The van der Waals surface area contributed by atoms with Crippen LogP contribution in [-0.4, -0.2) is 51.4 Å². The molecule has 0 fully saturated rings. The Kier molecular flexibility index (Phi) is 10.2. The Bertz CT molecular complexity index is 1390. The van der Waals surface area contributed by atoms with Crippen LogP contribution < -0.4 is 14.4 Å². The van der Waals surface area contributed by atoms with E-state index in [0.29, 0.717) is 6.54 Å². The zero-order valence-corrected chi connectivity index (χ0v) is 24.4. The van der Waals surface area contributed by atoms with Crippen LogP contribution >= 0.6 is 27.5 Å². The molecular weight excluding hydrogens is 594 g/mol. The highest BCUT2D eigenvalue weighted by atomic mass is 79.9. The van der Waals surface area contributed by atoms with E-state index >= 15 is 0 Å². The first-order valence-electron chi connectivity index (χ1n) is 11.8. The third kappa shape index (κ3) is 7.06. The number of carbonyl (C=O) groups is 2. The summed E-state index contributed by atoms with van der Waals surface area (Å²) >= 11 is 9.66. The highest BCUT2D eigenvalue weighted by Gasteiger charge is 2.33. The second-order valence-corrected chi connectivity index (χ2v) is 11.6. The average Bonchev–Trinajstić information content (AvgIpc) is 2.90. The summed E-state index contributed by atoms with van der Waals surface area (Å²) in [4.78, 5) is 28.0. The van der Waals surface area contributed by atoms with Crippen LogP contribution in [-0.2, 0) is 26.2 Å². The number of nitrogens with zero attached hydrogens (tertiary/aromatic N) is 2. The zero-order valence-electron chi connectivity index (χ0n) is 21.2. The van der Waals surface area contributed by atoms with Gasteiger partial charge in [-0.25, -0.2) is 8.42 Å². The molecule has 1 atom stereocenters. The van der Waals surface area contributed by atoms with Gasteiger partial charge >= 0.3 is 0 Å². The molecule has 3 aromatic carbocycles. The van der Waals surface area contributed by atoms with Crippen molar-refractivity contribution in [1.29, 1.82) is 0 Å². The largest absolute Gasteiger partial charge is 0.495 e. The number of halogens is 2. The number of carbonyl (C=O) groups excluding carboxylic acids is 2. The fraction of sp³-hybridized carbons (Fsp3) is 0.259. The minimum absolute atomic E-state index is 0.00913. The number of nitrogens with one attached hydrogen (secondary N) is 1. The van der Waals surface area contributed by atoms with E-state index in [9.17, 15) is 18.0 Å². The summed E-state index contributed by atoms with van der Waals surface area (Å²) in [5, 5.41) is 3.00. The van der Waals surface area contributed by atoms with Gasteiger partial charge in [0.1, 0.15) is 18.3 Å². The first kappa shape index (κ1) is 29.5. The van der Waals surface area contributed by atoms with Gasteiger partial charge in [0.05, 0.1) is 17.7 Å². The van der Waals surface area contributed by atoms with Gasteiger partial charge in [-0.1, -0.05) is 57.9 Å². The molecule has 0 spiro atoms. The molecule has 0 heterocycles. The number of amides is 2. The smallest absolute Gasteiger partial charge is 0.264 e. The number of ether oxygens (including phenoxy) is 1. The van der Waals surface area contributed by atoms with E-state index in [4.69, 9.17) is 16.3 Å². The van der Waals surface area contributed by atoms with Crippen LogP contribution in [0.3, 0.4) is 0 Å². The Balaban J connectivity index is 2.09. The van der Waals surface area contributed by atoms with E-state index < -0.39 is 28.5 Å². The molecule has 0 radical (unpaired) electrons. The van der Waals surface area contributed by atoms with Gasteiger partial charge in [0, 0.05) is 22.6 Å². The number of benzene rings is 3. The highest BCUT2D eigenvalue weighted by molar-refractivity contribution is 9.10. The lowest BCUT2D eigenvalue weighted by molar-refractivity contribution is -0.139. The number of hydrogen-bond acceptors (Lipinski definition) is 5. The van der Waals surface area contributed by atoms with Gasteiger partial charge in [-0.05, 0) is 61.9 Å². The molecule has 3 rings (SSSR count). The SMILES string of the molecule is CCNC(=O)C(C)N(Cc1cccc(Br)c1)C(=O)CN(c1cc(Cl)ccc1OC)S(=O)(=O)c1ccccc1. The summed E-state index contributed by atoms with van der Waals surface area (Å²) in [6.07, 6.45) is 0. The van der Waals surface area contributed by atoms with Crippen molar-refractivity contribution < 1.29 is 22.7 Å².